The van der Waals surface area contributed by atoms with Gasteiger partial charge in [0.2, 0.25) is 5.91 Å². The van der Waals surface area contributed by atoms with Crippen LogP contribution in [-0.2, 0) is 32.7 Å². The third-order valence-electron chi connectivity index (χ3n) is 8.84. The number of hydrogen-bond donors (Lipinski definition) is 3. The number of nitrogens with one attached hydrogen (secondary N) is 1. The highest BCUT2D eigenvalue weighted by atomic mass is 32.2. The third kappa shape index (κ3) is 11.9. The van der Waals surface area contributed by atoms with Gasteiger partial charge in [-0.2, -0.15) is 26.9 Å². The van der Waals surface area contributed by atoms with Crippen LogP contribution >= 0.6 is 0 Å². The van der Waals surface area contributed by atoms with E-state index in [2.05, 4.69) is 12.4 Å². The van der Waals surface area contributed by atoms with Crippen LogP contribution in [0.5, 0.6) is 11.5 Å². The van der Waals surface area contributed by atoms with Crippen molar-refractivity contribution >= 4 is 33.7 Å². The molecule has 296 valence electrons. The molecule has 5 rings (SSSR count). The van der Waals surface area contributed by atoms with Crippen LogP contribution in [0.25, 0.3) is 0 Å². The van der Waals surface area contributed by atoms with Gasteiger partial charge in [0.05, 0.1) is 37.8 Å². The molecule has 1 aliphatic rings. The predicted molar refractivity (Wildman–Crippen MR) is 191 cm³/mol. The quantitative estimate of drug-likeness (QED) is 0.113. The van der Waals surface area contributed by atoms with E-state index in [0.29, 0.717) is 40.8 Å². The normalized spacial score (nSPS) is 17.2. The number of hydrogen-bond acceptors (Lipinski definition) is 9. The first kappa shape index (κ1) is 42.6. The number of alkyl halides is 3. The zero-order chi connectivity index (χ0) is 41.3. The van der Waals surface area contributed by atoms with Crippen LogP contribution in [0.3, 0.4) is 0 Å². The second kappa shape index (κ2) is 18.0. The number of piperidine rings is 1. The molecule has 3 amide bonds. The van der Waals surface area contributed by atoms with Gasteiger partial charge in [-0.05, 0) is 91.2 Å². The van der Waals surface area contributed by atoms with E-state index in [1.165, 1.54) is 77.7 Å². The van der Waals surface area contributed by atoms with Crippen molar-refractivity contribution in [2.45, 2.75) is 49.0 Å². The van der Waals surface area contributed by atoms with E-state index >= 15 is 0 Å². The van der Waals surface area contributed by atoms with Gasteiger partial charge in [-0.3, -0.25) is 4.79 Å². The average Bonchev–Trinajstić information content (AvgIpc) is 3.13. The number of carbonyl (C=O) groups is 3. The van der Waals surface area contributed by atoms with Gasteiger partial charge in [0, 0.05) is 17.7 Å². The second-order valence-electron chi connectivity index (χ2n) is 13.2. The van der Waals surface area contributed by atoms with E-state index < -0.39 is 46.3 Å². The van der Waals surface area contributed by atoms with E-state index in [-0.39, 0.29) is 28.6 Å². The van der Waals surface area contributed by atoms with Crippen LogP contribution in [0.1, 0.15) is 29.5 Å². The highest BCUT2D eigenvalue weighted by Gasteiger charge is 2.41. The standard InChI is InChI=1S/C36H36FN5O6S.C2HF3O2/c1-42(23-27-4-10-28(37)11-5-27)20-2-3-30(24-42)41(34(35(39)44)21-25-6-14-31(43)15-7-25)36(45)40-29-12-16-32(17-13-29)48-49(46,47)33-18-8-26(22-38)9-19-33;3-2(4,5)1(6)7/h4-19,30,34H,2-3,20-21,23-24H2,1H3,(H3-,39,40,43,44,45);(H,6,7)/t30-,34-,42?;/m0./s1. The molecule has 0 bridgehead atoms. The number of rotatable bonds is 11. The first-order valence-corrected chi connectivity index (χ1v) is 18.3. The lowest BCUT2D eigenvalue weighted by molar-refractivity contribution is -0.928. The number of aromatic hydroxyl groups is 1. The smallest absolute Gasteiger partial charge is 0.430 e. The van der Waals surface area contributed by atoms with Crippen molar-refractivity contribution in [1.29, 1.82) is 5.26 Å². The molecule has 0 spiro atoms. The van der Waals surface area contributed by atoms with Crippen LogP contribution in [0, 0.1) is 17.1 Å². The van der Waals surface area contributed by atoms with Crippen molar-refractivity contribution < 1.29 is 59.2 Å². The Kier molecular flexibility index (Phi) is 13.6. The number of urea groups is 1. The number of phenols is 1. The molecule has 0 saturated carbocycles. The summed E-state index contributed by atoms with van der Waals surface area (Å²) in [5.74, 6) is -3.96. The first-order valence-electron chi connectivity index (χ1n) is 16.9. The van der Waals surface area contributed by atoms with E-state index in [0.717, 1.165) is 18.5 Å². The molecule has 0 aromatic heterocycles. The summed E-state index contributed by atoms with van der Waals surface area (Å²) in [6, 6.07) is 23.6. The number of nitrogens with zero attached hydrogens (tertiary/aromatic N) is 3. The van der Waals surface area contributed by atoms with Crippen LogP contribution < -0.4 is 20.3 Å². The Morgan fingerprint density at radius 2 is 1.57 bits per heavy atom. The Bertz CT molecular complexity index is 2150. The SMILES string of the molecule is C[N+]1(Cc2ccc(F)cc2)CCC[C@H](N(C(=O)Nc2ccc(OS(=O)(=O)c3ccc(C#N)cc3)cc2)[C@@H](Cc2ccc(O)cc2)C(N)=O)C1.O=C([O-])C(F)(F)F. The number of likely N-dealkylation sites (tertiary alicyclic amines) is 1. The zero-order valence-electron chi connectivity index (χ0n) is 29.8. The lowest BCUT2D eigenvalue weighted by Gasteiger charge is -2.46. The summed E-state index contributed by atoms with van der Waals surface area (Å²) in [5, 5.41) is 30.4. The van der Waals surface area contributed by atoms with E-state index in [1.54, 1.807) is 24.3 Å². The monoisotopic (exact) mass is 799 g/mol. The fourth-order valence-electron chi connectivity index (χ4n) is 6.21. The maximum Gasteiger partial charge on any atom is 0.430 e. The number of halogens is 4. The molecule has 4 N–H and O–H groups in total. The molecular weight excluding hydrogens is 763 g/mol. The van der Waals surface area contributed by atoms with Gasteiger partial charge < -0.3 is 39.6 Å². The molecule has 1 fully saturated rings. The predicted octanol–water partition coefficient (Wildman–Crippen LogP) is 4.21. The summed E-state index contributed by atoms with van der Waals surface area (Å²) in [5.41, 5.74) is 8.23. The molecule has 4 aromatic carbocycles. The number of primary amides is 1. The summed E-state index contributed by atoms with van der Waals surface area (Å²) in [7, 11) is -2.12. The number of carbonyl (C=O) groups excluding carboxylic acids is 3. The van der Waals surface area contributed by atoms with Crippen molar-refractivity contribution in [1.82, 2.24) is 4.90 Å². The van der Waals surface area contributed by atoms with E-state index in [9.17, 15) is 40.7 Å². The van der Waals surface area contributed by atoms with Gasteiger partial charge in [-0.1, -0.05) is 24.3 Å². The number of likely N-dealkylation sites (N-methyl/N-ethyl adjacent to an activating group) is 1. The molecule has 3 atom stereocenters. The molecule has 1 unspecified atom stereocenters. The summed E-state index contributed by atoms with van der Waals surface area (Å²) < 4.78 is 76.5. The lowest BCUT2D eigenvalue weighted by Crippen LogP contribution is -2.62. The van der Waals surface area contributed by atoms with Gasteiger partial charge >= 0.3 is 22.3 Å². The number of carboxylic acids is 1. The van der Waals surface area contributed by atoms with Gasteiger partial charge in [0.15, 0.2) is 0 Å². The number of quaternary nitrogens is 1. The molecule has 0 radical (unpaired) electrons. The highest BCUT2D eigenvalue weighted by Crippen LogP contribution is 2.28. The summed E-state index contributed by atoms with van der Waals surface area (Å²) in [6.45, 7) is 1.91. The Balaban J connectivity index is 0.000000908. The summed E-state index contributed by atoms with van der Waals surface area (Å²) >= 11 is 0. The molecule has 1 heterocycles. The van der Waals surface area contributed by atoms with Crippen molar-refractivity contribution in [3.05, 3.63) is 120 Å². The molecule has 1 saturated heterocycles. The minimum absolute atomic E-state index is 0.00250. The van der Waals surface area contributed by atoms with E-state index in [1.807, 2.05) is 6.07 Å². The van der Waals surface area contributed by atoms with Gasteiger partial charge in [-0.25, -0.2) is 9.18 Å². The number of aliphatic carboxylic acids is 1. The fourth-order valence-corrected chi connectivity index (χ4v) is 7.14. The molecule has 56 heavy (non-hydrogen) atoms. The maximum absolute atomic E-state index is 14.1. The number of amides is 3. The number of carboxylic acid groups (broad SMARTS) is 1. The van der Waals surface area contributed by atoms with Gasteiger partial charge in [-0.15, -0.1) is 0 Å². The van der Waals surface area contributed by atoms with Crippen LogP contribution in [-0.4, -0.2) is 79.2 Å². The Morgan fingerprint density at radius 1 is 1.00 bits per heavy atom. The number of anilines is 1. The fraction of sp³-hybridized carbons (Fsp3) is 0.263. The van der Waals surface area contributed by atoms with Crippen molar-refractivity contribution in [2.75, 3.05) is 25.5 Å². The largest absolute Gasteiger partial charge is 0.542 e. The zero-order valence-corrected chi connectivity index (χ0v) is 30.6. The van der Waals surface area contributed by atoms with E-state index in [4.69, 9.17) is 25.1 Å². The van der Waals surface area contributed by atoms with Crippen molar-refractivity contribution in [3.63, 3.8) is 0 Å². The average molecular weight is 800 g/mol. The number of phenolic OH excluding ortho intramolecular Hbond substituents is 1. The van der Waals surface area contributed by atoms with Gasteiger partial charge in [0.25, 0.3) is 0 Å². The van der Waals surface area contributed by atoms with Crippen molar-refractivity contribution in [3.8, 4) is 17.6 Å². The third-order valence-corrected chi connectivity index (χ3v) is 10.1. The first-order chi connectivity index (χ1) is 26.3. The molecular formula is C38H37F4N5O8S. The van der Waals surface area contributed by atoms with Crippen LogP contribution in [0.15, 0.2) is 102 Å². The van der Waals surface area contributed by atoms with Crippen molar-refractivity contribution in [2.24, 2.45) is 5.73 Å². The molecule has 0 aliphatic carbocycles. The number of nitrogens with two attached hydrogens (primary N) is 1. The maximum atomic E-state index is 14.1. The minimum Gasteiger partial charge on any atom is -0.542 e. The topological polar surface area (TPSA) is 203 Å². The highest BCUT2D eigenvalue weighted by molar-refractivity contribution is 7.87. The summed E-state index contributed by atoms with van der Waals surface area (Å²) in [6.07, 6.45) is -3.71. The number of nitriles is 1. The Morgan fingerprint density at radius 3 is 2.11 bits per heavy atom. The molecule has 18 heteroatoms. The van der Waals surface area contributed by atoms with Gasteiger partial charge in [0.1, 0.15) is 40.8 Å². The molecule has 13 nitrogen and oxygen atoms in total. The molecule has 4 aromatic rings. The molecule has 1 aliphatic heterocycles. The Labute approximate surface area is 319 Å². The van der Waals surface area contributed by atoms with Crippen LogP contribution in [0.2, 0.25) is 0 Å². The second-order valence-corrected chi connectivity index (χ2v) is 14.8. The van der Waals surface area contributed by atoms with Crippen LogP contribution in [0.4, 0.5) is 28.0 Å². The minimum atomic E-state index is -5.19. The lowest BCUT2D eigenvalue weighted by atomic mass is 9.96. The Hall–Kier alpha value is -6.19. The number of benzene rings is 4. The summed E-state index contributed by atoms with van der Waals surface area (Å²) in [4.78, 5) is 37.3.